The average molecular weight is 249 g/mol. The maximum Gasteiger partial charge on any atom is 0.161 e. The highest BCUT2D eigenvalue weighted by atomic mass is 32.1. The molecular weight excluding hydrogens is 238 g/mol. The lowest BCUT2D eigenvalue weighted by atomic mass is 10.2. The molecule has 0 unspecified atom stereocenters. The highest BCUT2D eigenvalue weighted by Gasteiger charge is 2.08. The van der Waals surface area contributed by atoms with Crippen LogP contribution in [0.3, 0.4) is 0 Å². The van der Waals surface area contributed by atoms with Crippen molar-refractivity contribution in [3.05, 3.63) is 29.3 Å². The summed E-state index contributed by atoms with van der Waals surface area (Å²) in [5, 5.41) is 10.3. The van der Waals surface area contributed by atoms with Gasteiger partial charge in [0.05, 0.1) is 11.5 Å². The topological polar surface area (TPSA) is 59.4 Å². The Kier molecular flexibility index (Phi) is 3.39. The third kappa shape index (κ3) is 2.45. The van der Waals surface area contributed by atoms with Gasteiger partial charge in [0.2, 0.25) is 0 Å². The number of hydrogen-bond acceptors (Lipinski definition) is 5. The number of aldehydes is 1. The van der Waals surface area contributed by atoms with Gasteiger partial charge >= 0.3 is 0 Å². The summed E-state index contributed by atoms with van der Waals surface area (Å²) in [6.45, 7) is 2.33. The number of phenols is 1. The van der Waals surface area contributed by atoms with Gasteiger partial charge in [-0.05, 0) is 25.1 Å². The number of phenolic OH excluding ortho intramolecular Hbond substituents is 1. The Morgan fingerprint density at radius 3 is 3.00 bits per heavy atom. The zero-order valence-electron chi connectivity index (χ0n) is 9.21. The van der Waals surface area contributed by atoms with E-state index < -0.39 is 0 Å². The van der Waals surface area contributed by atoms with E-state index in [1.807, 2.05) is 6.92 Å². The van der Waals surface area contributed by atoms with E-state index in [1.165, 1.54) is 17.5 Å². The predicted octanol–water partition coefficient (Wildman–Crippen LogP) is 2.73. The lowest BCUT2D eigenvalue weighted by molar-refractivity contribution is 0.112. The van der Waals surface area contributed by atoms with Gasteiger partial charge in [-0.2, -0.15) is 0 Å². The number of carbonyl (C=O) groups excluding carboxylic acids is 1. The van der Waals surface area contributed by atoms with Crippen LogP contribution in [0.15, 0.2) is 24.4 Å². The van der Waals surface area contributed by atoms with E-state index in [0.717, 1.165) is 16.9 Å². The Morgan fingerprint density at radius 2 is 2.35 bits per heavy atom. The summed E-state index contributed by atoms with van der Waals surface area (Å²) >= 11 is 1.30. The Labute approximate surface area is 103 Å². The van der Waals surface area contributed by atoms with Crippen molar-refractivity contribution in [2.45, 2.75) is 6.92 Å². The summed E-state index contributed by atoms with van der Waals surface area (Å²) in [6.07, 6.45) is 2.30. The lowest BCUT2D eigenvalue weighted by Gasteiger charge is -2.06. The van der Waals surface area contributed by atoms with Gasteiger partial charge in [0.15, 0.2) is 17.8 Å². The second-order valence-electron chi connectivity index (χ2n) is 3.30. The third-order valence-corrected chi connectivity index (χ3v) is 3.12. The molecule has 17 heavy (non-hydrogen) atoms. The Hall–Kier alpha value is -1.88. The molecule has 0 radical (unpaired) electrons. The van der Waals surface area contributed by atoms with Crippen LogP contribution in [0.5, 0.6) is 11.5 Å². The SMILES string of the molecule is CCOc1cc(-c2ncc(C=O)s2)ccc1O. The molecule has 0 aliphatic carbocycles. The van der Waals surface area contributed by atoms with Crippen molar-refractivity contribution in [2.75, 3.05) is 6.61 Å². The van der Waals surface area contributed by atoms with Gasteiger partial charge in [-0.1, -0.05) is 0 Å². The second kappa shape index (κ2) is 4.97. The Balaban J connectivity index is 2.38. The maximum absolute atomic E-state index is 10.6. The molecule has 2 aromatic rings. The maximum atomic E-state index is 10.6. The molecule has 0 atom stereocenters. The molecule has 0 aliphatic rings. The van der Waals surface area contributed by atoms with Gasteiger partial charge in [0.1, 0.15) is 5.01 Å². The number of aromatic nitrogens is 1. The van der Waals surface area contributed by atoms with Crippen LogP contribution in [-0.2, 0) is 0 Å². The first-order chi connectivity index (χ1) is 8.24. The summed E-state index contributed by atoms with van der Waals surface area (Å²) in [4.78, 5) is 15.3. The minimum atomic E-state index is 0.0998. The number of hydrogen-bond donors (Lipinski definition) is 1. The van der Waals surface area contributed by atoms with Crippen molar-refractivity contribution in [2.24, 2.45) is 0 Å². The van der Waals surface area contributed by atoms with E-state index in [1.54, 1.807) is 18.2 Å². The van der Waals surface area contributed by atoms with Crippen molar-refractivity contribution < 1.29 is 14.6 Å². The van der Waals surface area contributed by atoms with Gasteiger partial charge < -0.3 is 9.84 Å². The number of ether oxygens (including phenoxy) is 1. The van der Waals surface area contributed by atoms with Crippen LogP contribution in [-0.4, -0.2) is 23.0 Å². The summed E-state index contributed by atoms with van der Waals surface area (Å²) in [6, 6.07) is 5.01. The predicted molar refractivity (Wildman–Crippen MR) is 65.8 cm³/mol. The highest BCUT2D eigenvalue weighted by Crippen LogP contribution is 2.33. The molecule has 5 heteroatoms. The summed E-state index contributed by atoms with van der Waals surface area (Å²) in [5.74, 6) is 0.524. The van der Waals surface area contributed by atoms with Crippen LogP contribution in [0.4, 0.5) is 0 Å². The molecule has 1 heterocycles. The van der Waals surface area contributed by atoms with Crippen molar-refractivity contribution in [1.29, 1.82) is 0 Å². The second-order valence-corrected chi connectivity index (χ2v) is 4.36. The lowest BCUT2D eigenvalue weighted by Crippen LogP contribution is -1.92. The zero-order chi connectivity index (χ0) is 12.3. The van der Waals surface area contributed by atoms with E-state index in [2.05, 4.69) is 4.98 Å². The first-order valence-corrected chi connectivity index (χ1v) is 5.93. The fourth-order valence-electron chi connectivity index (χ4n) is 1.39. The minimum Gasteiger partial charge on any atom is -0.504 e. The minimum absolute atomic E-state index is 0.0998. The molecule has 0 amide bonds. The number of nitrogens with zero attached hydrogens (tertiary/aromatic N) is 1. The zero-order valence-corrected chi connectivity index (χ0v) is 10.0. The molecule has 0 fully saturated rings. The van der Waals surface area contributed by atoms with Gasteiger partial charge in [0.25, 0.3) is 0 Å². The molecule has 0 aliphatic heterocycles. The van der Waals surface area contributed by atoms with Crippen LogP contribution in [0.1, 0.15) is 16.6 Å². The normalized spacial score (nSPS) is 10.2. The fourth-order valence-corrected chi connectivity index (χ4v) is 2.12. The molecule has 0 saturated heterocycles. The van der Waals surface area contributed by atoms with Gasteiger partial charge in [-0.3, -0.25) is 4.79 Å². The number of rotatable bonds is 4. The molecular formula is C12H11NO3S. The van der Waals surface area contributed by atoms with E-state index in [9.17, 15) is 9.90 Å². The number of benzene rings is 1. The molecule has 88 valence electrons. The van der Waals surface area contributed by atoms with Crippen LogP contribution in [0.25, 0.3) is 10.6 Å². The van der Waals surface area contributed by atoms with Gasteiger partial charge in [-0.15, -0.1) is 11.3 Å². The molecule has 4 nitrogen and oxygen atoms in total. The van der Waals surface area contributed by atoms with Crippen LogP contribution >= 0.6 is 11.3 Å². The van der Waals surface area contributed by atoms with Crippen molar-refractivity contribution in [3.63, 3.8) is 0 Å². The molecule has 0 spiro atoms. The first kappa shape index (κ1) is 11.6. The summed E-state index contributed by atoms with van der Waals surface area (Å²) in [5.41, 5.74) is 0.823. The van der Waals surface area contributed by atoms with Gasteiger partial charge in [-0.25, -0.2) is 4.98 Å². The molecule has 1 N–H and O–H groups in total. The fraction of sp³-hybridized carbons (Fsp3) is 0.167. The Bertz CT molecular complexity index is 536. The van der Waals surface area contributed by atoms with Crippen molar-refractivity contribution >= 4 is 17.6 Å². The number of carbonyl (C=O) groups is 1. The first-order valence-electron chi connectivity index (χ1n) is 5.11. The number of thiazole rings is 1. The van der Waals surface area contributed by atoms with Crippen LogP contribution in [0.2, 0.25) is 0 Å². The van der Waals surface area contributed by atoms with Crippen LogP contribution in [0, 0.1) is 0 Å². The largest absolute Gasteiger partial charge is 0.504 e. The van der Waals surface area contributed by atoms with E-state index in [0.29, 0.717) is 17.2 Å². The molecule has 1 aromatic carbocycles. The number of aromatic hydroxyl groups is 1. The smallest absolute Gasteiger partial charge is 0.161 e. The third-order valence-electron chi connectivity index (χ3n) is 2.15. The van der Waals surface area contributed by atoms with E-state index >= 15 is 0 Å². The standard InChI is InChI=1S/C12H11NO3S/c1-2-16-11-5-8(3-4-10(11)15)12-13-6-9(7-14)17-12/h3-7,15H,2H2,1H3. The van der Waals surface area contributed by atoms with E-state index in [-0.39, 0.29) is 5.75 Å². The van der Waals surface area contributed by atoms with Crippen molar-refractivity contribution in [1.82, 2.24) is 4.98 Å². The quantitative estimate of drug-likeness (QED) is 0.846. The highest BCUT2D eigenvalue weighted by molar-refractivity contribution is 7.16. The molecule has 0 bridgehead atoms. The average Bonchev–Trinajstić information content (AvgIpc) is 2.81. The van der Waals surface area contributed by atoms with Gasteiger partial charge in [0, 0.05) is 11.8 Å². The molecule has 1 aromatic heterocycles. The van der Waals surface area contributed by atoms with E-state index in [4.69, 9.17) is 4.74 Å². The van der Waals surface area contributed by atoms with Crippen molar-refractivity contribution in [3.8, 4) is 22.1 Å². The summed E-state index contributed by atoms with van der Waals surface area (Å²) in [7, 11) is 0. The monoisotopic (exact) mass is 249 g/mol. The summed E-state index contributed by atoms with van der Waals surface area (Å²) < 4.78 is 5.29. The molecule has 0 saturated carbocycles. The Morgan fingerprint density at radius 1 is 1.53 bits per heavy atom. The van der Waals surface area contributed by atoms with Crippen LogP contribution < -0.4 is 4.74 Å². The molecule has 2 rings (SSSR count).